The summed E-state index contributed by atoms with van der Waals surface area (Å²) in [5.74, 6) is 0.718. The van der Waals surface area contributed by atoms with Crippen molar-refractivity contribution in [1.29, 1.82) is 0 Å². The minimum absolute atomic E-state index is 0.718. The largest absolute Gasteiger partial charge is 0.385 e. The van der Waals surface area contributed by atoms with Crippen molar-refractivity contribution < 1.29 is 0 Å². The van der Waals surface area contributed by atoms with Crippen molar-refractivity contribution in [2.45, 2.75) is 6.92 Å². The molecule has 0 unspecified atom stereocenters. The van der Waals surface area contributed by atoms with Gasteiger partial charge in [0.2, 0.25) is 0 Å². The maximum atomic E-state index is 5.22. The zero-order chi connectivity index (χ0) is 8.81. The number of rotatable bonds is 0. The van der Waals surface area contributed by atoms with Crippen molar-refractivity contribution in [3.8, 4) is 0 Å². The third-order valence-corrected chi connectivity index (χ3v) is 1.16. The molecule has 0 aliphatic carbocycles. The number of aryl methyl sites for hydroxylation is 1. The third kappa shape index (κ3) is 2.87. The van der Waals surface area contributed by atoms with Crippen LogP contribution < -0.4 is 5.73 Å². The zero-order valence-corrected chi connectivity index (χ0v) is 6.78. The van der Waals surface area contributed by atoms with E-state index in [4.69, 9.17) is 5.73 Å². The first-order valence-corrected chi connectivity index (χ1v) is 3.50. The summed E-state index contributed by atoms with van der Waals surface area (Å²) < 4.78 is 0. The van der Waals surface area contributed by atoms with Crippen LogP contribution in [0.5, 0.6) is 0 Å². The fourth-order valence-electron chi connectivity index (χ4n) is 0.603. The number of hydrogen-bond donors (Lipinski definition) is 3. The summed E-state index contributed by atoms with van der Waals surface area (Å²) in [5.41, 5.74) is 6.15. The molecule has 0 atom stereocenters. The van der Waals surface area contributed by atoms with E-state index < -0.39 is 0 Å². The molecule has 5 nitrogen and oxygen atoms in total. The highest BCUT2D eigenvalue weighted by molar-refractivity contribution is 5.26. The van der Waals surface area contributed by atoms with Crippen LogP contribution in [0.4, 0.5) is 5.82 Å². The average Bonchev–Trinajstić information content (AvgIpc) is 2.63. The van der Waals surface area contributed by atoms with Gasteiger partial charge in [0.25, 0.3) is 0 Å². The topological polar surface area (TPSA) is 83.4 Å². The summed E-state index contributed by atoms with van der Waals surface area (Å²) >= 11 is 0. The maximum absolute atomic E-state index is 5.22. The standard InChI is InChI=1S/C4H6N2.C3H5N3/c5-4-2-1-3-6-4;1-3-2-4-6-5-3/h1-3,6H,5H2;2H,1H3,(H,4,5,6). The number of hydrogen-bond acceptors (Lipinski definition) is 3. The normalized spacial score (nSPS) is 8.75. The molecular formula is C7H11N5. The molecule has 2 heterocycles. The number of H-pyrrole nitrogens is 2. The highest BCUT2D eigenvalue weighted by atomic mass is 15.3. The van der Waals surface area contributed by atoms with E-state index in [1.807, 2.05) is 13.0 Å². The molecule has 0 aromatic carbocycles. The quantitative estimate of drug-likeness (QED) is 0.537. The average molecular weight is 165 g/mol. The molecule has 2 aromatic rings. The number of nitrogens with two attached hydrogens (primary N) is 1. The van der Waals surface area contributed by atoms with Gasteiger partial charge in [0.05, 0.1) is 11.9 Å². The van der Waals surface area contributed by atoms with Crippen molar-refractivity contribution in [3.63, 3.8) is 0 Å². The summed E-state index contributed by atoms with van der Waals surface area (Å²) in [6.45, 7) is 1.88. The fourth-order valence-corrected chi connectivity index (χ4v) is 0.603. The Morgan fingerprint density at radius 2 is 2.33 bits per heavy atom. The van der Waals surface area contributed by atoms with Crippen molar-refractivity contribution in [2.24, 2.45) is 0 Å². The highest BCUT2D eigenvalue weighted by Gasteiger charge is 1.76. The Labute approximate surface area is 70.0 Å². The van der Waals surface area contributed by atoms with Gasteiger partial charge >= 0.3 is 0 Å². The van der Waals surface area contributed by atoms with Crippen LogP contribution in [0.15, 0.2) is 24.5 Å². The highest BCUT2D eigenvalue weighted by Crippen LogP contribution is 1.90. The molecule has 0 aliphatic heterocycles. The van der Waals surface area contributed by atoms with E-state index in [1.165, 1.54) is 0 Å². The van der Waals surface area contributed by atoms with E-state index in [0.29, 0.717) is 0 Å². The molecule has 0 spiro atoms. The molecule has 2 aromatic heterocycles. The van der Waals surface area contributed by atoms with E-state index in [-0.39, 0.29) is 0 Å². The molecule has 0 amide bonds. The van der Waals surface area contributed by atoms with Gasteiger partial charge in [0.15, 0.2) is 0 Å². The van der Waals surface area contributed by atoms with E-state index in [2.05, 4.69) is 20.4 Å². The Morgan fingerprint density at radius 3 is 2.50 bits per heavy atom. The predicted octanol–water partition coefficient (Wildman–Crippen LogP) is 0.710. The van der Waals surface area contributed by atoms with Crippen LogP contribution in [-0.2, 0) is 0 Å². The second-order valence-corrected chi connectivity index (χ2v) is 2.24. The summed E-state index contributed by atoms with van der Waals surface area (Å²) in [6.07, 6.45) is 3.45. The Bertz CT molecular complexity index is 251. The lowest BCUT2D eigenvalue weighted by atomic mass is 10.6. The molecule has 0 saturated carbocycles. The molecule has 0 bridgehead atoms. The lowest BCUT2D eigenvalue weighted by Crippen LogP contribution is -1.79. The fraction of sp³-hybridized carbons (Fsp3) is 0.143. The monoisotopic (exact) mass is 165 g/mol. The van der Waals surface area contributed by atoms with Gasteiger partial charge in [0, 0.05) is 6.20 Å². The first-order valence-electron chi connectivity index (χ1n) is 3.50. The van der Waals surface area contributed by atoms with Crippen LogP contribution >= 0.6 is 0 Å². The molecule has 0 fully saturated rings. The molecule has 0 radical (unpaired) electrons. The number of anilines is 1. The number of aromatic amines is 2. The number of nitrogens with one attached hydrogen (secondary N) is 2. The summed E-state index contributed by atoms with van der Waals surface area (Å²) in [6, 6.07) is 3.66. The van der Waals surface area contributed by atoms with Crippen molar-refractivity contribution >= 4 is 5.82 Å². The summed E-state index contributed by atoms with van der Waals surface area (Å²) in [5, 5.41) is 9.70. The second kappa shape index (κ2) is 4.17. The Kier molecular flexibility index (Phi) is 2.89. The van der Waals surface area contributed by atoms with Gasteiger partial charge in [-0.2, -0.15) is 15.4 Å². The Hall–Kier alpha value is -1.78. The molecular weight excluding hydrogens is 154 g/mol. The first kappa shape index (κ1) is 8.32. The molecule has 5 heteroatoms. The van der Waals surface area contributed by atoms with Crippen LogP contribution in [0.2, 0.25) is 0 Å². The van der Waals surface area contributed by atoms with Crippen LogP contribution in [-0.4, -0.2) is 20.4 Å². The zero-order valence-electron chi connectivity index (χ0n) is 6.78. The van der Waals surface area contributed by atoms with Gasteiger partial charge in [-0.3, -0.25) is 0 Å². The third-order valence-electron chi connectivity index (χ3n) is 1.16. The smallest absolute Gasteiger partial charge is 0.100 e. The van der Waals surface area contributed by atoms with E-state index in [0.717, 1.165) is 11.5 Å². The SMILES string of the molecule is Cc1cn[nH]n1.Nc1ccc[nH]1. The number of nitrogen functional groups attached to an aromatic ring is 1. The van der Waals surface area contributed by atoms with E-state index in [9.17, 15) is 0 Å². The maximum Gasteiger partial charge on any atom is 0.100 e. The lowest BCUT2D eigenvalue weighted by molar-refractivity contribution is 0.928. The van der Waals surface area contributed by atoms with Gasteiger partial charge in [-0.15, -0.1) is 0 Å². The minimum atomic E-state index is 0.718. The van der Waals surface area contributed by atoms with Crippen LogP contribution in [0.3, 0.4) is 0 Å². The number of aromatic nitrogens is 4. The summed E-state index contributed by atoms with van der Waals surface area (Å²) in [7, 11) is 0. The van der Waals surface area contributed by atoms with E-state index >= 15 is 0 Å². The van der Waals surface area contributed by atoms with Crippen molar-refractivity contribution in [1.82, 2.24) is 20.4 Å². The minimum Gasteiger partial charge on any atom is -0.385 e. The Morgan fingerprint density at radius 1 is 1.50 bits per heavy atom. The Balaban J connectivity index is 0.000000120. The second-order valence-electron chi connectivity index (χ2n) is 2.24. The van der Waals surface area contributed by atoms with Crippen LogP contribution in [0.1, 0.15) is 5.69 Å². The molecule has 0 saturated heterocycles. The number of nitrogens with zero attached hydrogens (tertiary/aromatic N) is 2. The predicted molar refractivity (Wildman–Crippen MR) is 46.3 cm³/mol. The van der Waals surface area contributed by atoms with Gasteiger partial charge in [-0.1, -0.05) is 0 Å². The summed E-state index contributed by atoms with van der Waals surface area (Å²) in [4.78, 5) is 2.78. The van der Waals surface area contributed by atoms with Gasteiger partial charge < -0.3 is 10.7 Å². The van der Waals surface area contributed by atoms with Crippen LogP contribution in [0, 0.1) is 6.92 Å². The molecule has 4 N–H and O–H groups in total. The van der Waals surface area contributed by atoms with Gasteiger partial charge in [0.1, 0.15) is 5.82 Å². The van der Waals surface area contributed by atoms with Gasteiger partial charge in [-0.25, -0.2) is 0 Å². The molecule has 2 rings (SSSR count). The lowest BCUT2D eigenvalue weighted by Gasteiger charge is -1.72. The van der Waals surface area contributed by atoms with Gasteiger partial charge in [-0.05, 0) is 19.1 Å². The van der Waals surface area contributed by atoms with Crippen LogP contribution in [0.25, 0.3) is 0 Å². The van der Waals surface area contributed by atoms with Crippen molar-refractivity contribution in [2.75, 3.05) is 5.73 Å². The first-order chi connectivity index (χ1) is 5.79. The van der Waals surface area contributed by atoms with E-state index in [1.54, 1.807) is 18.5 Å². The molecule has 12 heavy (non-hydrogen) atoms. The molecule has 64 valence electrons. The molecule has 0 aliphatic rings. The van der Waals surface area contributed by atoms with Crippen molar-refractivity contribution in [3.05, 3.63) is 30.2 Å².